The molecule has 1 aliphatic heterocycles. The molecule has 1 saturated heterocycles. The van der Waals surface area contributed by atoms with Crippen molar-refractivity contribution >= 4 is 26.8 Å². The van der Waals surface area contributed by atoms with Crippen LogP contribution in [-0.4, -0.2) is 57.6 Å². The highest BCUT2D eigenvalue weighted by Gasteiger charge is 2.31. The Balaban J connectivity index is 2.40. The van der Waals surface area contributed by atoms with Crippen LogP contribution in [0.4, 0.5) is 0 Å². The number of carbonyl (C=O) groups is 1. The van der Waals surface area contributed by atoms with Crippen LogP contribution in [-0.2, 0) is 20.8 Å². The highest BCUT2D eigenvalue weighted by molar-refractivity contribution is 7.89. The fourth-order valence-corrected chi connectivity index (χ4v) is 4.61. The molecule has 1 aromatic rings. The first kappa shape index (κ1) is 14.1. The van der Waals surface area contributed by atoms with E-state index in [1.165, 1.54) is 6.20 Å². The van der Waals surface area contributed by atoms with Crippen molar-refractivity contribution in [1.82, 2.24) is 9.29 Å². The molecule has 0 unspecified atom stereocenters. The largest absolute Gasteiger partial charge is 0.478 e. The summed E-state index contributed by atoms with van der Waals surface area (Å²) in [5.74, 6) is -0.786. The summed E-state index contributed by atoms with van der Waals surface area (Å²) in [5, 5.41) is 9.01. The summed E-state index contributed by atoms with van der Waals surface area (Å²) in [6.45, 7) is 0.256. The zero-order valence-corrected chi connectivity index (χ0v) is 11.5. The first-order chi connectivity index (χ1) is 8.93. The Labute approximate surface area is 112 Å². The Morgan fingerprint density at radius 1 is 1.37 bits per heavy atom. The average molecular weight is 304 g/mol. The third kappa shape index (κ3) is 2.82. The first-order valence-corrected chi connectivity index (χ1v) is 8.38. The number of carboxylic acids is 1. The monoisotopic (exact) mass is 304 g/mol. The van der Waals surface area contributed by atoms with Gasteiger partial charge in [0.05, 0.1) is 5.56 Å². The molecule has 19 heavy (non-hydrogen) atoms. The van der Waals surface area contributed by atoms with Crippen molar-refractivity contribution < 1.29 is 22.5 Å². The van der Waals surface area contributed by atoms with Gasteiger partial charge in [0.25, 0.3) is 0 Å². The zero-order valence-electron chi connectivity index (χ0n) is 9.85. The molecule has 7 nitrogen and oxygen atoms in total. The van der Waals surface area contributed by atoms with Crippen LogP contribution >= 0.6 is 0 Å². The fourth-order valence-electron chi connectivity index (χ4n) is 1.76. The van der Waals surface area contributed by atoms with E-state index in [0.29, 0.717) is 0 Å². The van der Waals surface area contributed by atoms with E-state index in [9.17, 15) is 17.4 Å². The number of hydrogen-bond donors (Lipinski definition) is 1. The molecule has 1 aliphatic rings. The van der Waals surface area contributed by atoms with Crippen LogP contribution in [0.15, 0.2) is 23.4 Å². The molecule has 1 aromatic heterocycles. The van der Waals surface area contributed by atoms with Crippen molar-refractivity contribution in [2.45, 2.75) is 4.90 Å². The molecule has 1 fully saturated rings. The SMILES string of the molecule is O=C(O)c1ccncc1S(=O)(=O)N1CCS(=O)CC1. The summed E-state index contributed by atoms with van der Waals surface area (Å²) in [6.07, 6.45) is 2.26. The minimum absolute atomic E-state index is 0.128. The minimum Gasteiger partial charge on any atom is -0.478 e. The Hall–Kier alpha value is -1.32. The predicted molar refractivity (Wildman–Crippen MR) is 67.8 cm³/mol. The van der Waals surface area contributed by atoms with Gasteiger partial charge in [-0.25, -0.2) is 13.2 Å². The van der Waals surface area contributed by atoms with E-state index in [2.05, 4.69) is 4.98 Å². The quantitative estimate of drug-likeness (QED) is 0.809. The molecule has 0 atom stereocenters. The van der Waals surface area contributed by atoms with Gasteiger partial charge in [0.15, 0.2) is 0 Å². The van der Waals surface area contributed by atoms with Crippen LogP contribution < -0.4 is 0 Å². The van der Waals surface area contributed by atoms with Gasteiger partial charge in [-0.1, -0.05) is 0 Å². The maximum atomic E-state index is 12.3. The molecule has 0 aliphatic carbocycles. The van der Waals surface area contributed by atoms with E-state index in [-0.39, 0.29) is 35.1 Å². The Morgan fingerprint density at radius 3 is 2.58 bits per heavy atom. The first-order valence-electron chi connectivity index (χ1n) is 5.45. The molecule has 0 saturated carbocycles. The standard InChI is InChI=1S/C10H12N2O5S2/c13-10(14)8-1-2-11-7-9(8)19(16,17)12-3-5-18(15)6-4-12/h1-2,7H,3-6H2,(H,13,14). The number of carboxylic acid groups (broad SMARTS) is 1. The summed E-state index contributed by atoms with van der Waals surface area (Å²) in [6, 6.07) is 1.15. The maximum absolute atomic E-state index is 12.3. The van der Waals surface area contributed by atoms with Gasteiger partial charge in [0, 0.05) is 47.8 Å². The minimum atomic E-state index is -3.91. The molecule has 0 spiro atoms. The second-order valence-corrected chi connectivity index (χ2v) is 7.53. The van der Waals surface area contributed by atoms with Crippen molar-refractivity contribution in [2.75, 3.05) is 24.6 Å². The summed E-state index contributed by atoms with van der Waals surface area (Å²) in [5.41, 5.74) is -0.304. The van der Waals surface area contributed by atoms with E-state index in [1.807, 2.05) is 0 Å². The maximum Gasteiger partial charge on any atom is 0.337 e. The van der Waals surface area contributed by atoms with Crippen molar-refractivity contribution in [2.24, 2.45) is 0 Å². The molecule has 104 valence electrons. The number of rotatable bonds is 3. The molecule has 0 bridgehead atoms. The molecule has 1 N–H and O–H groups in total. The zero-order chi connectivity index (χ0) is 14.0. The van der Waals surface area contributed by atoms with Crippen molar-refractivity contribution in [3.63, 3.8) is 0 Å². The van der Waals surface area contributed by atoms with Gasteiger partial charge in [0.2, 0.25) is 10.0 Å². The molecule has 2 rings (SSSR count). The van der Waals surface area contributed by atoms with E-state index < -0.39 is 26.8 Å². The number of sulfonamides is 1. The number of pyridine rings is 1. The highest BCUT2D eigenvalue weighted by Crippen LogP contribution is 2.20. The second-order valence-electron chi connectivity index (χ2n) is 3.93. The van der Waals surface area contributed by atoms with E-state index in [4.69, 9.17) is 5.11 Å². The lowest BCUT2D eigenvalue weighted by atomic mass is 10.3. The van der Waals surface area contributed by atoms with Crippen LogP contribution in [0.25, 0.3) is 0 Å². The summed E-state index contributed by atoms with van der Waals surface area (Å²) in [4.78, 5) is 14.4. The Bertz CT molecular complexity index is 619. The van der Waals surface area contributed by atoms with Gasteiger partial charge in [-0.15, -0.1) is 0 Å². The summed E-state index contributed by atoms with van der Waals surface area (Å²) in [7, 11) is -4.91. The van der Waals surface area contributed by atoms with Crippen molar-refractivity contribution in [1.29, 1.82) is 0 Å². The molecule has 0 amide bonds. The van der Waals surface area contributed by atoms with Gasteiger partial charge < -0.3 is 5.11 Å². The van der Waals surface area contributed by atoms with Gasteiger partial charge >= 0.3 is 5.97 Å². The van der Waals surface area contributed by atoms with Gasteiger partial charge in [0.1, 0.15) is 4.90 Å². The molecular formula is C10H12N2O5S2. The van der Waals surface area contributed by atoms with Crippen LogP contribution in [0.5, 0.6) is 0 Å². The fraction of sp³-hybridized carbons (Fsp3) is 0.400. The second kappa shape index (κ2) is 5.35. The van der Waals surface area contributed by atoms with E-state index in [1.54, 1.807) is 0 Å². The molecular weight excluding hydrogens is 292 g/mol. The topological polar surface area (TPSA) is 105 Å². The van der Waals surface area contributed by atoms with Crippen LogP contribution in [0.2, 0.25) is 0 Å². The lowest BCUT2D eigenvalue weighted by molar-refractivity contribution is 0.0692. The Morgan fingerprint density at radius 2 is 2.00 bits per heavy atom. The number of aromatic carboxylic acids is 1. The Kier molecular flexibility index (Phi) is 3.97. The van der Waals surface area contributed by atoms with Crippen LogP contribution in [0, 0.1) is 0 Å². The predicted octanol–water partition coefficient (Wildman–Crippen LogP) is -0.467. The third-order valence-electron chi connectivity index (χ3n) is 2.77. The smallest absolute Gasteiger partial charge is 0.337 e. The number of nitrogens with zero attached hydrogens (tertiary/aromatic N) is 2. The molecule has 0 aromatic carbocycles. The summed E-state index contributed by atoms with van der Waals surface area (Å²) >= 11 is 0. The van der Waals surface area contributed by atoms with E-state index >= 15 is 0 Å². The molecule has 0 radical (unpaired) electrons. The number of hydrogen-bond acceptors (Lipinski definition) is 5. The lowest BCUT2D eigenvalue weighted by Gasteiger charge is -2.25. The molecule has 2 heterocycles. The molecule has 9 heteroatoms. The highest BCUT2D eigenvalue weighted by atomic mass is 32.2. The van der Waals surface area contributed by atoms with Crippen LogP contribution in [0.1, 0.15) is 10.4 Å². The van der Waals surface area contributed by atoms with Gasteiger partial charge in [-0.05, 0) is 6.07 Å². The van der Waals surface area contributed by atoms with Crippen LogP contribution in [0.3, 0.4) is 0 Å². The van der Waals surface area contributed by atoms with Gasteiger partial charge in [-0.2, -0.15) is 4.31 Å². The van der Waals surface area contributed by atoms with Gasteiger partial charge in [-0.3, -0.25) is 9.19 Å². The summed E-state index contributed by atoms with van der Waals surface area (Å²) < 4.78 is 37.1. The average Bonchev–Trinajstić information content (AvgIpc) is 2.39. The van der Waals surface area contributed by atoms with Crippen molar-refractivity contribution in [3.05, 3.63) is 24.0 Å². The lowest BCUT2D eigenvalue weighted by Crippen LogP contribution is -2.42. The third-order valence-corrected chi connectivity index (χ3v) is 5.97. The normalized spacial score (nSPS) is 18.3. The number of aromatic nitrogens is 1. The van der Waals surface area contributed by atoms with E-state index in [0.717, 1.165) is 16.6 Å². The van der Waals surface area contributed by atoms with Crippen molar-refractivity contribution in [3.8, 4) is 0 Å².